The van der Waals surface area contributed by atoms with Gasteiger partial charge in [-0.2, -0.15) is 0 Å². The van der Waals surface area contributed by atoms with Crippen LogP contribution in [0.15, 0.2) is 559 Å². The van der Waals surface area contributed by atoms with Crippen LogP contribution in [0.25, 0.3) is 296 Å². The average molecular weight is 1870 g/mol. The summed E-state index contributed by atoms with van der Waals surface area (Å²) in [7, 11) is 0. The molecule has 0 saturated heterocycles. The van der Waals surface area contributed by atoms with Gasteiger partial charge < -0.3 is 13.3 Å². The van der Waals surface area contributed by atoms with Crippen LogP contribution in [0.5, 0.6) is 0 Å². The highest BCUT2D eigenvalue weighted by Gasteiger charge is 2.26. The summed E-state index contributed by atoms with van der Waals surface area (Å²) in [6, 6.07) is 197. The highest BCUT2D eigenvalue weighted by atomic mass is 16.3. The summed E-state index contributed by atoms with van der Waals surface area (Å²) in [4.78, 5) is 0. The molecule has 0 saturated carbocycles. The van der Waals surface area contributed by atoms with Crippen molar-refractivity contribution in [2.45, 2.75) is 0 Å². The summed E-state index contributed by atoms with van der Waals surface area (Å²) in [6.07, 6.45) is 0. The quantitative estimate of drug-likeness (QED) is 0.114. The molecule has 147 heavy (non-hydrogen) atoms. The molecule has 30 aromatic rings. The van der Waals surface area contributed by atoms with E-state index in [0.717, 1.165) is 82.5 Å². The van der Waals surface area contributed by atoms with Gasteiger partial charge in [0, 0.05) is 32.3 Å². The molecule has 27 aromatic carbocycles. The largest absolute Gasteiger partial charge is 0.456 e. The van der Waals surface area contributed by atoms with Crippen molar-refractivity contribution in [2.24, 2.45) is 0 Å². The van der Waals surface area contributed by atoms with Gasteiger partial charge in [-0.1, -0.05) is 473 Å². The second-order valence-corrected chi connectivity index (χ2v) is 38.5. The lowest BCUT2D eigenvalue weighted by atomic mass is 9.82. The molecule has 0 N–H and O–H groups in total. The molecule has 684 valence electrons. The van der Waals surface area contributed by atoms with E-state index in [-0.39, 0.29) is 0 Å². The van der Waals surface area contributed by atoms with E-state index in [1.165, 1.54) is 214 Å². The number of hydrogen-bond donors (Lipinski definition) is 0. The molecular weight excluding hydrogens is 1780 g/mol. The Hall–Kier alpha value is -19.3. The topological polar surface area (TPSA) is 39.4 Å². The normalized spacial score (nSPS) is 11.7. The Kier molecular flexibility index (Phi) is 21.0. The number of hydrogen-bond acceptors (Lipinski definition) is 3. The average Bonchev–Trinajstić information content (AvgIpc) is 1.38. The van der Waals surface area contributed by atoms with E-state index in [1.54, 1.807) is 0 Å². The van der Waals surface area contributed by atoms with Gasteiger partial charge in [-0.25, -0.2) is 0 Å². The predicted octanol–water partition coefficient (Wildman–Crippen LogP) is 41.1. The van der Waals surface area contributed by atoms with Crippen molar-refractivity contribution in [3.05, 3.63) is 546 Å². The molecule has 0 atom stereocenters. The summed E-state index contributed by atoms with van der Waals surface area (Å²) < 4.78 is 19.1. The van der Waals surface area contributed by atoms with Crippen LogP contribution in [0.3, 0.4) is 0 Å². The first-order chi connectivity index (χ1) is 72.9. The third kappa shape index (κ3) is 15.1. The van der Waals surface area contributed by atoms with Crippen LogP contribution in [-0.4, -0.2) is 0 Å². The van der Waals surface area contributed by atoms with Gasteiger partial charge in [0.15, 0.2) is 0 Å². The summed E-state index contributed by atoms with van der Waals surface area (Å²) in [5, 5.41) is 29.1. The third-order valence-corrected chi connectivity index (χ3v) is 30.2. The molecule has 0 aliphatic heterocycles. The molecular formula is C144H90O3. The first kappa shape index (κ1) is 85.6. The standard InChI is InChI=1S/3C48H30O/c1-2-11-31(12-3-1)32-21-23-34(24-22-32)37-19-10-13-33-25-26-35(29-44(33)37)47-40-15-4-6-17-42(40)48(43-18-7-5-16-41(43)47)36-27-28-39-38-14-8-9-20-45(38)49-46(39)30-36;1-2-10-31(11-3-1)32-18-20-33(21-19-32)35-24-22-34-23-25-36(29-38(34)28-35)47-41-13-4-6-15-43(41)48(44-16-7-5-14-42(44)47)37-26-27-40-39-12-8-9-17-45(39)49-46(40)30-37;1-2-12-31(13-3-1)32-22-24-34(25-23-32)46-36-15-5-4-14-33(36)26-29-43(46)48-41-19-8-6-17-39(41)47(40-18-7-9-20-42(40)48)35-27-28-38-37-16-10-11-21-44(37)49-45(38)30-35/h3*1-30H. The molecule has 3 heterocycles. The molecule has 3 heteroatoms. The van der Waals surface area contributed by atoms with Crippen molar-refractivity contribution < 1.29 is 13.3 Å². The molecule has 0 radical (unpaired) electrons. The van der Waals surface area contributed by atoms with Gasteiger partial charge >= 0.3 is 0 Å². The lowest BCUT2D eigenvalue weighted by molar-refractivity contribution is 0.668. The van der Waals surface area contributed by atoms with E-state index in [9.17, 15) is 0 Å². The van der Waals surface area contributed by atoms with Crippen LogP contribution in [-0.2, 0) is 0 Å². The van der Waals surface area contributed by atoms with Gasteiger partial charge in [0.2, 0.25) is 0 Å². The van der Waals surface area contributed by atoms with Crippen molar-refractivity contribution in [2.75, 3.05) is 0 Å². The summed E-state index contributed by atoms with van der Waals surface area (Å²) in [5.41, 5.74) is 34.8. The number of para-hydroxylation sites is 3. The lowest BCUT2D eigenvalue weighted by Gasteiger charge is -2.21. The SMILES string of the molecule is c1ccc(-c2ccc(-c3c(-c4c5ccccc5c(-c5ccc6c(c5)oc5ccccc56)c5ccccc45)ccc4ccccc34)cc2)cc1.c1ccc(-c2ccc(-c3ccc4ccc(-c5c6ccccc6c(-c6ccc7c(c6)oc6ccccc67)c6ccccc56)cc4c3)cc2)cc1.c1ccc(-c2ccc(-c3cccc4ccc(-c5c6ccccc6c(-c6ccc7c(c6)oc6ccccc67)c6ccccc56)cc34)cc2)cc1. The Balaban J connectivity index is 0.000000107. The molecule has 0 bridgehead atoms. The molecule has 0 aliphatic rings. The molecule has 3 nitrogen and oxygen atoms in total. The lowest BCUT2D eigenvalue weighted by Crippen LogP contribution is -1.94. The summed E-state index contributed by atoms with van der Waals surface area (Å²) in [6.45, 7) is 0. The van der Waals surface area contributed by atoms with Crippen molar-refractivity contribution in [1.29, 1.82) is 0 Å². The van der Waals surface area contributed by atoms with E-state index in [4.69, 9.17) is 13.3 Å². The minimum absolute atomic E-state index is 0.909. The smallest absolute Gasteiger partial charge is 0.136 e. The molecule has 3 aromatic heterocycles. The Morgan fingerprint density at radius 2 is 0.327 bits per heavy atom. The van der Waals surface area contributed by atoms with Crippen LogP contribution >= 0.6 is 0 Å². The zero-order valence-electron chi connectivity index (χ0n) is 80.2. The van der Waals surface area contributed by atoms with E-state index in [1.807, 2.05) is 36.4 Å². The first-order valence-electron chi connectivity index (χ1n) is 50.5. The Labute approximate surface area is 849 Å². The zero-order valence-corrected chi connectivity index (χ0v) is 80.2. The Morgan fingerprint density at radius 1 is 0.0884 bits per heavy atom. The zero-order chi connectivity index (χ0) is 96.9. The summed E-state index contributed by atoms with van der Waals surface area (Å²) >= 11 is 0. The first-order valence-corrected chi connectivity index (χ1v) is 50.5. The molecule has 0 fully saturated rings. The second kappa shape index (κ2) is 36.0. The van der Waals surface area contributed by atoms with Gasteiger partial charge in [0.05, 0.1) is 0 Å². The number of benzene rings is 27. The van der Waals surface area contributed by atoms with E-state index < -0.39 is 0 Å². The van der Waals surface area contributed by atoms with E-state index >= 15 is 0 Å². The molecule has 0 spiro atoms. The van der Waals surface area contributed by atoms with Crippen LogP contribution < -0.4 is 0 Å². The van der Waals surface area contributed by atoms with Gasteiger partial charge in [-0.3, -0.25) is 0 Å². The maximum atomic E-state index is 6.37. The third-order valence-electron chi connectivity index (χ3n) is 30.2. The molecule has 0 unspecified atom stereocenters. The van der Waals surface area contributed by atoms with Crippen molar-refractivity contribution >= 4 is 163 Å². The van der Waals surface area contributed by atoms with Crippen molar-refractivity contribution in [1.82, 2.24) is 0 Å². The number of furan rings is 3. The summed E-state index contributed by atoms with van der Waals surface area (Å²) in [5.74, 6) is 0. The number of rotatable bonds is 12. The second-order valence-electron chi connectivity index (χ2n) is 38.5. The minimum atomic E-state index is 0.909. The fourth-order valence-electron chi connectivity index (χ4n) is 23.3. The number of fused-ring (bicyclic) bond motifs is 18. The van der Waals surface area contributed by atoms with Crippen LogP contribution in [0, 0.1) is 0 Å². The van der Waals surface area contributed by atoms with Gasteiger partial charge in [-0.15, -0.1) is 0 Å². The highest BCUT2D eigenvalue weighted by molar-refractivity contribution is 6.27. The molecule has 0 aliphatic carbocycles. The monoisotopic (exact) mass is 1870 g/mol. The van der Waals surface area contributed by atoms with E-state index in [2.05, 4.69) is 510 Å². The highest BCUT2D eigenvalue weighted by Crippen LogP contribution is 2.53. The maximum Gasteiger partial charge on any atom is 0.136 e. The molecule has 0 amide bonds. The van der Waals surface area contributed by atoms with E-state index in [0.29, 0.717) is 0 Å². The van der Waals surface area contributed by atoms with Crippen LogP contribution in [0.2, 0.25) is 0 Å². The van der Waals surface area contributed by atoms with Gasteiger partial charge in [-0.05, 0) is 303 Å². The Bertz CT molecular complexity index is 10300. The van der Waals surface area contributed by atoms with Crippen molar-refractivity contribution in [3.8, 4) is 134 Å². The minimum Gasteiger partial charge on any atom is -0.456 e. The fraction of sp³-hybridized carbons (Fsp3) is 0. The van der Waals surface area contributed by atoms with Crippen LogP contribution in [0.1, 0.15) is 0 Å². The van der Waals surface area contributed by atoms with Crippen LogP contribution in [0.4, 0.5) is 0 Å². The molecule has 30 rings (SSSR count). The van der Waals surface area contributed by atoms with Gasteiger partial charge in [0.25, 0.3) is 0 Å². The van der Waals surface area contributed by atoms with Crippen molar-refractivity contribution in [3.63, 3.8) is 0 Å². The fourth-order valence-corrected chi connectivity index (χ4v) is 23.3. The predicted molar refractivity (Wildman–Crippen MR) is 624 cm³/mol. The maximum absolute atomic E-state index is 6.37. The Morgan fingerprint density at radius 3 is 0.707 bits per heavy atom. The van der Waals surface area contributed by atoms with Gasteiger partial charge in [0.1, 0.15) is 33.5 Å².